The molecule has 0 radical (unpaired) electrons. The standard InChI is InChI=1S/C19H21N3O4/c1-12-9-13(2)22(21-12)8-4-7-20-19(24)16-11-18(23)26-17-10-14(25-3)5-6-15(16)17/h5-6,9-11H,4,7-8H2,1-3H3,(H,20,24). The average Bonchev–Trinajstić information content (AvgIpc) is 2.94. The number of aromatic nitrogens is 2. The van der Waals surface area contributed by atoms with Gasteiger partial charge in [-0.25, -0.2) is 4.79 Å². The summed E-state index contributed by atoms with van der Waals surface area (Å²) in [4.78, 5) is 24.3. The maximum Gasteiger partial charge on any atom is 0.337 e. The highest BCUT2D eigenvalue weighted by Gasteiger charge is 2.13. The molecule has 0 bridgehead atoms. The highest BCUT2D eigenvalue weighted by atomic mass is 16.5. The third-order valence-electron chi connectivity index (χ3n) is 4.13. The number of hydrogen-bond donors (Lipinski definition) is 1. The number of carbonyl (C=O) groups is 1. The van der Waals surface area contributed by atoms with Crippen molar-refractivity contribution < 1.29 is 13.9 Å². The van der Waals surface area contributed by atoms with Gasteiger partial charge in [-0.15, -0.1) is 0 Å². The third-order valence-corrected chi connectivity index (χ3v) is 4.13. The Bertz CT molecular complexity index is 1000. The summed E-state index contributed by atoms with van der Waals surface area (Å²) < 4.78 is 12.2. The minimum Gasteiger partial charge on any atom is -0.497 e. The molecule has 0 aliphatic carbocycles. The molecule has 7 nitrogen and oxygen atoms in total. The SMILES string of the molecule is COc1ccc2c(C(=O)NCCCn3nc(C)cc3C)cc(=O)oc2c1. The fourth-order valence-electron chi connectivity index (χ4n) is 2.89. The van der Waals surface area contributed by atoms with Crippen molar-refractivity contribution in [1.29, 1.82) is 0 Å². The molecule has 7 heteroatoms. The number of ether oxygens (including phenoxy) is 1. The summed E-state index contributed by atoms with van der Waals surface area (Å²) in [6, 6.07) is 8.26. The quantitative estimate of drug-likeness (QED) is 0.542. The fraction of sp³-hybridized carbons (Fsp3) is 0.316. The number of nitrogens with zero attached hydrogens (tertiary/aromatic N) is 2. The predicted molar refractivity (Wildman–Crippen MR) is 97.7 cm³/mol. The number of benzene rings is 1. The van der Waals surface area contributed by atoms with Crippen LogP contribution in [0.5, 0.6) is 5.75 Å². The number of carbonyl (C=O) groups excluding carboxylic acids is 1. The van der Waals surface area contributed by atoms with Crippen molar-refractivity contribution in [2.24, 2.45) is 0 Å². The van der Waals surface area contributed by atoms with Crippen LogP contribution in [0.4, 0.5) is 0 Å². The second kappa shape index (κ2) is 7.43. The van der Waals surface area contributed by atoms with E-state index in [1.54, 1.807) is 18.2 Å². The van der Waals surface area contributed by atoms with Crippen molar-refractivity contribution >= 4 is 16.9 Å². The van der Waals surface area contributed by atoms with E-state index in [0.717, 1.165) is 24.4 Å². The summed E-state index contributed by atoms with van der Waals surface area (Å²) >= 11 is 0. The lowest BCUT2D eigenvalue weighted by molar-refractivity contribution is 0.0953. The van der Waals surface area contributed by atoms with Crippen LogP contribution in [0.2, 0.25) is 0 Å². The van der Waals surface area contributed by atoms with E-state index < -0.39 is 5.63 Å². The minimum absolute atomic E-state index is 0.296. The van der Waals surface area contributed by atoms with Crippen LogP contribution in [-0.4, -0.2) is 29.3 Å². The highest BCUT2D eigenvalue weighted by molar-refractivity contribution is 6.05. The number of rotatable bonds is 6. The second-order valence-corrected chi connectivity index (χ2v) is 6.10. The Morgan fingerprint density at radius 1 is 1.27 bits per heavy atom. The molecule has 0 saturated heterocycles. The molecule has 0 fully saturated rings. The van der Waals surface area contributed by atoms with E-state index in [0.29, 0.717) is 28.8 Å². The lowest BCUT2D eigenvalue weighted by Crippen LogP contribution is -2.26. The summed E-state index contributed by atoms with van der Waals surface area (Å²) in [6.45, 7) is 5.15. The van der Waals surface area contributed by atoms with Crippen LogP contribution < -0.4 is 15.7 Å². The first-order valence-corrected chi connectivity index (χ1v) is 8.39. The van der Waals surface area contributed by atoms with Gasteiger partial charge in [-0.2, -0.15) is 5.10 Å². The lowest BCUT2D eigenvalue weighted by atomic mass is 10.1. The van der Waals surface area contributed by atoms with Crippen LogP contribution in [0.1, 0.15) is 28.2 Å². The lowest BCUT2D eigenvalue weighted by Gasteiger charge is -2.09. The van der Waals surface area contributed by atoms with Crippen LogP contribution in [0.15, 0.2) is 39.5 Å². The molecule has 3 rings (SSSR count). The largest absolute Gasteiger partial charge is 0.497 e. The molecule has 1 aromatic carbocycles. The van der Waals surface area contributed by atoms with Crippen molar-refractivity contribution in [2.75, 3.05) is 13.7 Å². The molecule has 136 valence electrons. The van der Waals surface area contributed by atoms with Crippen LogP contribution in [0.3, 0.4) is 0 Å². The molecule has 2 heterocycles. The molecular weight excluding hydrogens is 334 g/mol. The Morgan fingerprint density at radius 3 is 2.77 bits per heavy atom. The topological polar surface area (TPSA) is 86.4 Å². The van der Waals surface area contributed by atoms with E-state index in [-0.39, 0.29) is 5.91 Å². The molecule has 1 amide bonds. The Kier molecular flexibility index (Phi) is 5.06. The number of amides is 1. The summed E-state index contributed by atoms with van der Waals surface area (Å²) in [6.07, 6.45) is 0.737. The Morgan fingerprint density at radius 2 is 2.08 bits per heavy atom. The van der Waals surface area contributed by atoms with E-state index in [2.05, 4.69) is 10.4 Å². The van der Waals surface area contributed by atoms with Gasteiger partial charge in [0.1, 0.15) is 11.3 Å². The molecular formula is C19H21N3O4. The number of fused-ring (bicyclic) bond motifs is 1. The highest BCUT2D eigenvalue weighted by Crippen LogP contribution is 2.22. The molecule has 0 aliphatic heterocycles. The fourth-order valence-corrected chi connectivity index (χ4v) is 2.89. The number of aryl methyl sites for hydroxylation is 3. The normalized spacial score (nSPS) is 10.9. The molecule has 0 saturated carbocycles. The van der Waals surface area contributed by atoms with E-state index in [1.807, 2.05) is 24.6 Å². The smallest absolute Gasteiger partial charge is 0.337 e. The summed E-state index contributed by atoms with van der Waals surface area (Å²) in [5.41, 5.74) is 2.12. The molecule has 1 N–H and O–H groups in total. The van der Waals surface area contributed by atoms with Crippen LogP contribution >= 0.6 is 0 Å². The number of methoxy groups -OCH3 is 1. The maximum atomic E-state index is 12.5. The Hall–Kier alpha value is -3.09. The molecule has 2 aromatic heterocycles. The number of hydrogen-bond acceptors (Lipinski definition) is 5. The van der Waals surface area contributed by atoms with Crippen molar-refractivity contribution in [2.45, 2.75) is 26.8 Å². The van der Waals surface area contributed by atoms with Crippen LogP contribution in [-0.2, 0) is 6.54 Å². The van der Waals surface area contributed by atoms with Gasteiger partial charge in [-0.3, -0.25) is 9.48 Å². The molecule has 26 heavy (non-hydrogen) atoms. The zero-order valence-corrected chi connectivity index (χ0v) is 15.0. The molecule has 3 aromatic rings. The van der Waals surface area contributed by atoms with Gasteiger partial charge in [0.05, 0.1) is 18.4 Å². The predicted octanol–water partition coefficient (Wildman–Crippen LogP) is 2.44. The molecule has 0 spiro atoms. The zero-order valence-electron chi connectivity index (χ0n) is 15.0. The monoisotopic (exact) mass is 355 g/mol. The van der Waals surface area contributed by atoms with E-state index in [1.165, 1.54) is 13.2 Å². The minimum atomic E-state index is -0.571. The van der Waals surface area contributed by atoms with Crippen LogP contribution in [0, 0.1) is 13.8 Å². The van der Waals surface area contributed by atoms with Crippen molar-refractivity contribution in [1.82, 2.24) is 15.1 Å². The van der Waals surface area contributed by atoms with Crippen molar-refractivity contribution in [3.63, 3.8) is 0 Å². The third kappa shape index (κ3) is 3.77. The summed E-state index contributed by atoms with van der Waals surface area (Å²) in [5, 5.41) is 7.81. The first-order chi connectivity index (χ1) is 12.5. The first-order valence-electron chi connectivity index (χ1n) is 8.39. The zero-order chi connectivity index (χ0) is 18.7. The van der Waals surface area contributed by atoms with Gasteiger partial charge in [0.25, 0.3) is 5.91 Å². The van der Waals surface area contributed by atoms with Gasteiger partial charge >= 0.3 is 5.63 Å². The first kappa shape index (κ1) is 17.7. The molecule has 0 unspecified atom stereocenters. The van der Waals surface area contributed by atoms with Gasteiger partial charge in [-0.05, 0) is 38.5 Å². The van der Waals surface area contributed by atoms with E-state index in [4.69, 9.17) is 9.15 Å². The van der Waals surface area contributed by atoms with Gasteiger partial charge in [0.15, 0.2) is 0 Å². The Balaban J connectivity index is 1.69. The van der Waals surface area contributed by atoms with Gasteiger partial charge in [0, 0.05) is 36.3 Å². The molecule has 0 aliphatic rings. The molecule has 0 atom stereocenters. The Labute approximate surface area is 150 Å². The van der Waals surface area contributed by atoms with Gasteiger partial charge in [0.2, 0.25) is 0 Å². The maximum absolute atomic E-state index is 12.5. The van der Waals surface area contributed by atoms with Crippen molar-refractivity contribution in [3.8, 4) is 5.75 Å². The van der Waals surface area contributed by atoms with E-state index >= 15 is 0 Å². The van der Waals surface area contributed by atoms with Gasteiger partial charge in [-0.1, -0.05) is 0 Å². The average molecular weight is 355 g/mol. The summed E-state index contributed by atoms with van der Waals surface area (Å²) in [5.74, 6) is 0.254. The van der Waals surface area contributed by atoms with Gasteiger partial charge < -0.3 is 14.5 Å². The van der Waals surface area contributed by atoms with Crippen molar-refractivity contribution in [3.05, 3.63) is 57.7 Å². The summed E-state index contributed by atoms with van der Waals surface area (Å²) in [7, 11) is 1.53. The van der Waals surface area contributed by atoms with Crippen LogP contribution in [0.25, 0.3) is 11.0 Å². The number of nitrogens with one attached hydrogen (secondary N) is 1. The second-order valence-electron chi connectivity index (χ2n) is 6.10. The van der Waals surface area contributed by atoms with E-state index in [9.17, 15) is 9.59 Å².